The summed E-state index contributed by atoms with van der Waals surface area (Å²) >= 11 is 0. The van der Waals surface area contributed by atoms with E-state index in [2.05, 4.69) is 103 Å². The molecule has 0 amide bonds. The van der Waals surface area contributed by atoms with Crippen molar-refractivity contribution in [2.45, 2.75) is 80.1 Å². The maximum absolute atomic E-state index is 11.9. The van der Waals surface area contributed by atoms with Crippen molar-refractivity contribution in [3.8, 4) is 0 Å². The highest BCUT2D eigenvalue weighted by atomic mass is 16.5. The lowest BCUT2D eigenvalue weighted by molar-refractivity contribution is -0.134. The molecule has 0 aromatic carbocycles. The van der Waals surface area contributed by atoms with Gasteiger partial charge in [-0.1, -0.05) is 132 Å². The van der Waals surface area contributed by atoms with Crippen LogP contribution in [0.5, 0.6) is 0 Å². The van der Waals surface area contributed by atoms with E-state index < -0.39 is 11.9 Å². The third-order valence-electron chi connectivity index (χ3n) is 7.57. The second-order valence-corrected chi connectivity index (χ2v) is 13.1. The van der Waals surface area contributed by atoms with Crippen LogP contribution in [0, 0.1) is 16.2 Å². The minimum absolute atomic E-state index is 0.0766. The third kappa shape index (κ3) is 11.0. The molecule has 3 rings (SSSR count). The lowest BCUT2D eigenvalue weighted by Gasteiger charge is -2.22. The first-order valence-electron chi connectivity index (χ1n) is 15.3. The van der Waals surface area contributed by atoms with Gasteiger partial charge < -0.3 is 9.47 Å². The largest absolute Gasteiger partial charge is 0.424 e. The van der Waals surface area contributed by atoms with Crippen LogP contribution in [-0.4, -0.2) is 11.9 Å². The van der Waals surface area contributed by atoms with Gasteiger partial charge in [0.25, 0.3) is 0 Å². The number of allylic oxidation sites excluding steroid dienone is 16. The normalized spacial score (nSPS) is 22.3. The average molecular weight is 581 g/mol. The van der Waals surface area contributed by atoms with Gasteiger partial charge in [0.2, 0.25) is 0 Å². The highest BCUT2D eigenvalue weighted by molar-refractivity contribution is 5.82. The molecule has 1 atom stereocenters. The van der Waals surface area contributed by atoms with Gasteiger partial charge in [0.05, 0.1) is 0 Å². The molecular formula is C39H48O4. The number of carbonyl (C=O) groups excluding carboxylic acids is 2. The van der Waals surface area contributed by atoms with Gasteiger partial charge in [0.1, 0.15) is 11.5 Å². The molecular weight excluding hydrogens is 532 g/mol. The number of ether oxygens (including phenoxy) is 2. The predicted molar refractivity (Wildman–Crippen MR) is 178 cm³/mol. The van der Waals surface area contributed by atoms with Gasteiger partial charge >= 0.3 is 11.9 Å². The van der Waals surface area contributed by atoms with Crippen LogP contribution in [0.25, 0.3) is 0 Å². The lowest BCUT2D eigenvalue weighted by Crippen LogP contribution is -2.11. The molecule has 0 saturated carbocycles. The Hall–Kier alpha value is -3.92. The first-order valence-corrected chi connectivity index (χ1v) is 15.3. The number of carbonyl (C=O) groups is 2. The first kappa shape index (κ1) is 33.6. The topological polar surface area (TPSA) is 52.6 Å². The molecule has 0 spiro atoms. The van der Waals surface area contributed by atoms with E-state index in [0.29, 0.717) is 11.5 Å². The summed E-state index contributed by atoms with van der Waals surface area (Å²) in [6.07, 6.45) is 33.7. The van der Waals surface area contributed by atoms with Crippen LogP contribution in [0.3, 0.4) is 0 Å². The molecule has 228 valence electrons. The summed E-state index contributed by atoms with van der Waals surface area (Å²) in [6, 6.07) is 0. The molecule has 3 aliphatic carbocycles. The van der Waals surface area contributed by atoms with Crippen LogP contribution in [0.2, 0.25) is 0 Å². The summed E-state index contributed by atoms with van der Waals surface area (Å²) < 4.78 is 10.9. The quantitative estimate of drug-likeness (QED) is 0.170. The van der Waals surface area contributed by atoms with Crippen LogP contribution in [0.4, 0.5) is 0 Å². The maximum atomic E-state index is 11.9. The molecule has 0 fully saturated rings. The summed E-state index contributed by atoms with van der Waals surface area (Å²) in [4.78, 5) is 23.6. The van der Waals surface area contributed by atoms with E-state index in [9.17, 15) is 9.59 Å². The summed E-state index contributed by atoms with van der Waals surface area (Å²) in [5, 5.41) is 0. The summed E-state index contributed by atoms with van der Waals surface area (Å²) in [5.74, 6) is 0.222. The van der Waals surface area contributed by atoms with E-state index in [0.717, 1.165) is 38.5 Å². The Balaban J connectivity index is 1.68. The minimum Gasteiger partial charge on any atom is -0.424 e. The standard InChI is InChI=1S/C39H48O4/c1-9-22-39(8)26-32(19-21-34(28-39)43-36(41)11-3)17-16-30-13-12-29(23-37(4,5)24-30)14-15-31-18-20-33(42-35(40)10-2)27-38(6,7)25-31/h10-13,18-21,23-28H,2-3,9,14-17,22H2,1,4-8H3. The van der Waals surface area contributed by atoms with Crippen molar-refractivity contribution in [2.75, 3.05) is 0 Å². The van der Waals surface area contributed by atoms with E-state index in [1.165, 1.54) is 34.4 Å². The summed E-state index contributed by atoms with van der Waals surface area (Å²) in [6.45, 7) is 20.1. The van der Waals surface area contributed by atoms with Gasteiger partial charge in [0, 0.05) is 28.4 Å². The van der Waals surface area contributed by atoms with Crippen LogP contribution >= 0.6 is 0 Å². The van der Waals surface area contributed by atoms with Crippen molar-refractivity contribution in [3.05, 3.63) is 132 Å². The molecule has 3 aliphatic rings. The van der Waals surface area contributed by atoms with E-state index >= 15 is 0 Å². The van der Waals surface area contributed by atoms with E-state index in [-0.39, 0.29) is 16.2 Å². The molecule has 0 bridgehead atoms. The van der Waals surface area contributed by atoms with Gasteiger partial charge in [-0.2, -0.15) is 0 Å². The zero-order valence-corrected chi connectivity index (χ0v) is 26.9. The molecule has 0 N–H and O–H groups in total. The summed E-state index contributed by atoms with van der Waals surface area (Å²) in [5.41, 5.74) is 4.56. The van der Waals surface area contributed by atoms with Crippen molar-refractivity contribution in [1.29, 1.82) is 0 Å². The number of esters is 2. The highest BCUT2D eigenvalue weighted by Gasteiger charge is 2.23. The Morgan fingerprint density at radius 1 is 0.605 bits per heavy atom. The van der Waals surface area contributed by atoms with Crippen LogP contribution in [-0.2, 0) is 19.1 Å². The molecule has 0 aliphatic heterocycles. The van der Waals surface area contributed by atoms with Crippen molar-refractivity contribution in [1.82, 2.24) is 0 Å². The SMILES string of the molecule is C=CC(=O)OC1=CC(C)(C)C=C(CCC2=CC(C)(C)C=C(CCC3=CC(C)(CCC)C=C(OC(=O)C=C)C=C3)C=C2)C=C1. The third-order valence-corrected chi connectivity index (χ3v) is 7.57. The monoisotopic (exact) mass is 580 g/mol. The van der Waals surface area contributed by atoms with E-state index in [4.69, 9.17) is 9.47 Å². The fourth-order valence-electron chi connectivity index (χ4n) is 5.88. The van der Waals surface area contributed by atoms with Crippen molar-refractivity contribution in [3.63, 3.8) is 0 Å². The van der Waals surface area contributed by atoms with Crippen LogP contribution < -0.4 is 0 Å². The molecule has 43 heavy (non-hydrogen) atoms. The fourth-order valence-corrected chi connectivity index (χ4v) is 5.88. The molecule has 0 saturated heterocycles. The zero-order chi connectivity index (χ0) is 31.7. The maximum Gasteiger partial charge on any atom is 0.335 e. The van der Waals surface area contributed by atoms with Crippen LogP contribution in [0.1, 0.15) is 80.1 Å². The Bertz CT molecular complexity index is 1390. The Kier molecular flexibility index (Phi) is 11.3. The molecule has 4 heteroatoms. The molecule has 1 unspecified atom stereocenters. The van der Waals surface area contributed by atoms with E-state index in [1.807, 2.05) is 24.3 Å². The molecule has 0 aromatic rings. The second kappa shape index (κ2) is 14.5. The van der Waals surface area contributed by atoms with Crippen LogP contribution in [0.15, 0.2) is 132 Å². The smallest absolute Gasteiger partial charge is 0.335 e. The number of hydrogen-bond donors (Lipinski definition) is 0. The molecule has 0 aromatic heterocycles. The van der Waals surface area contributed by atoms with Gasteiger partial charge in [-0.05, 0) is 56.4 Å². The summed E-state index contributed by atoms with van der Waals surface area (Å²) in [7, 11) is 0. The second-order valence-electron chi connectivity index (χ2n) is 13.1. The Morgan fingerprint density at radius 3 is 1.40 bits per heavy atom. The minimum atomic E-state index is -0.453. The Morgan fingerprint density at radius 2 is 0.977 bits per heavy atom. The predicted octanol–water partition coefficient (Wildman–Crippen LogP) is 10.0. The highest BCUT2D eigenvalue weighted by Crippen LogP contribution is 2.36. The molecule has 0 radical (unpaired) electrons. The van der Waals surface area contributed by atoms with Gasteiger partial charge in [-0.3, -0.25) is 0 Å². The first-order chi connectivity index (χ1) is 20.2. The van der Waals surface area contributed by atoms with Crippen molar-refractivity contribution >= 4 is 11.9 Å². The average Bonchev–Trinajstić information content (AvgIpc) is 3.25. The van der Waals surface area contributed by atoms with Crippen molar-refractivity contribution in [2.24, 2.45) is 16.2 Å². The number of hydrogen-bond acceptors (Lipinski definition) is 4. The van der Waals surface area contributed by atoms with Crippen molar-refractivity contribution < 1.29 is 19.1 Å². The zero-order valence-electron chi connectivity index (χ0n) is 26.9. The fraction of sp³-hybridized carbons (Fsp3) is 0.385. The van der Waals surface area contributed by atoms with E-state index in [1.54, 1.807) is 0 Å². The molecule has 0 heterocycles. The molecule has 4 nitrogen and oxygen atoms in total. The van der Waals surface area contributed by atoms with Gasteiger partial charge in [-0.15, -0.1) is 0 Å². The lowest BCUT2D eigenvalue weighted by atomic mass is 9.83. The van der Waals surface area contributed by atoms with Gasteiger partial charge in [-0.25, -0.2) is 9.59 Å². The van der Waals surface area contributed by atoms with Gasteiger partial charge in [0.15, 0.2) is 0 Å². The number of rotatable bonds is 12. The Labute approximate surface area is 259 Å².